The number of para-hydroxylation sites is 3. The third kappa shape index (κ3) is 4.85. The molecule has 3 nitrogen and oxygen atoms in total. The average molecular weight is 741 g/mol. The molecule has 0 radical (unpaired) electrons. The van der Waals surface area contributed by atoms with Gasteiger partial charge < -0.3 is 14.0 Å². The fourth-order valence-corrected chi connectivity index (χ4v) is 8.86. The van der Waals surface area contributed by atoms with Crippen molar-refractivity contribution in [3.05, 3.63) is 217 Å². The summed E-state index contributed by atoms with van der Waals surface area (Å²) in [7, 11) is 0. The maximum Gasteiger partial charge on any atom is 0.0651 e. The molecule has 57 heavy (non-hydrogen) atoms. The zero-order valence-electron chi connectivity index (χ0n) is 43.3. The normalized spacial score (nSPS) is 18.0. The lowest BCUT2D eigenvalue weighted by Crippen LogP contribution is -2.14. The Bertz CT molecular complexity index is 3940. The van der Waals surface area contributed by atoms with Crippen LogP contribution in [0.3, 0.4) is 0 Å². The number of hydrogen-bond donors (Lipinski definition) is 0. The van der Waals surface area contributed by atoms with Crippen molar-refractivity contribution in [2.75, 3.05) is 4.90 Å². The molecule has 8 aromatic carbocycles. The summed E-state index contributed by atoms with van der Waals surface area (Å²) in [5.74, 6) is -0.286. The highest BCUT2D eigenvalue weighted by Crippen LogP contribution is 2.53. The second-order valence-electron chi connectivity index (χ2n) is 14.3. The van der Waals surface area contributed by atoms with Crippen LogP contribution in [0.1, 0.15) is 35.7 Å². The molecule has 3 heterocycles. The van der Waals surface area contributed by atoms with E-state index in [2.05, 4.69) is 100 Å². The van der Waals surface area contributed by atoms with Crippen molar-refractivity contribution in [1.29, 1.82) is 0 Å². The molecule has 0 fully saturated rings. The zero-order valence-corrected chi connectivity index (χ0v) is 30.3. The van der Waals surface area contributed by atoms with Gasteiger partial charge in [0.05, 0.1) is 51.3 Å². The minimum absolute atomic E-state index is 0.0805. The van der Waals surface area contributed by atoms with Crippen molar-refractivity contribution in [3.8, 4) is 33.6 Å². The van der Waals surface area contributed by atoms with E-state index < -0.39 is 101 Å². The van der Waals surface area contributed by atoms with Crippen LogP contribution in [0, 0.1) is 0 Å². The highest BCUT2D eigenvalue weighted by molar-refractivity contribution is 6.12. The molecule has 1 aliphatic carbocycles. The molecule has 0 saturated carbocycles. The molecule has 1 aliphatic heterocycles. The molecule has 268 valence electrons. The van der Waals surface area contributed by atoms with Gasteiger partial charge in [-0.3, -0.25) is 0 Å². The number of anilines is 2. The van der Waals surface area contributed by atoms with Crippen molar-refractivity contribution >= 4 is 55.0 Å². The molecule has 0 bridgehead atoms. The van der Waals surface area contributed by atoms with Crippen molar-refractivity contribution in [1.82, 2.24) is 9.13 Å². The van der Waals surface area contributed by atoms with E-state index in [-0.39, 0.29) is 11.6 Å². The summed E-state index contributed by atoms with van der Waals surface area (Å²) in [4.78, 5) is 1.75. The van der Waals surface area contributed by atoms with Crippen LogP contribution in [-0.4, -0.2) is 9.13 Å². The van der Waals surface area contributed by atoms with Crippen LogP contribution in [0.5, 0.6) is 0 Å². The van der Waals surface area contributed by atoms with Crippen molar-refractivity contribution < 1.29 is 17.8 Å². The first-order chi connectivity index (χ1) is 33.7. The van der Waals surface area contributed by atoms with Gasteiger partial charge in [-0.25, -0.2) is 0 Å². The molecule has 3 heteroatoms. The second kappa shape index (κ2) is 12.6. The fourth-order valence-electron chi connectivity index (χ4n) is 8.86. The molecule has 0 saturated heterocycles. The van der Waals surface area contributed by atoms with Crippen molar-refractivity contribution in [2.24, 2.45) is 0 Å². The first-order valence-corrected chi connectivity index (χ1v) is 18.8. The smallest absolute Gasteiger partial charge is 0.0651 e. The first kappa shape index (κ1) is 21.7. The molecular weight excluding hydrogens is 691 g/mol. The number of fused-ring (bicyclic) bond motifs is 9. The van der Waals surface area contributed by atoms with Gasteiger partial charge in [0, 0.05) is 50.1 Å². The maximum atomic E-state index is 9.83. The number of rotatable bonds is 5. The summed E-state index contributed by atoms with van der Waals surface area (Å²) in [6.45, 7) is 0. The van der Waals surface area contributed by atoms with E-state index in [1.807, 2.05) is 36.4 Å². The van der Waals surface area contributed by atoms with Gasteiger partial charge in [0.2, 0.25) is 0 Å². The Kier molecular flexibility index (Phi) is 4.78. The van der Waals surface area contributed by atoms with Crippen LogP contribution in [0.4, 0.5) is 11.4 Å². The molecule has 1 atom stereocenters. The predicted octanol–water partition coefficient (Wildman–Crippen LogP) is 14.3. The standard InChI is InChI=1S/C54H37N3/c1-2-14-36(15-3-1)37-28-30-38(31-29-37)39-16-12-17-40(34-39)56-50-25-11-7-21-45(50)54-52(56)26-13-27-53(54)57-49-24-10-6-20-44(49)46-35-41(32-33-51(46)57)55-47-22-8-4-18-42(47)43-19-5-9-23-48(43)55/h1-20,22-35,45H,21H2/i1D,2D,3D,12D,14D,15D,16D,17D,28D,29D,30D,31D,34D. The maximum absolute atomic E-state index is 9.83. The van der Waals surface area contributed by atoms with Crippen LogP contribution < -0.4 is 4.90 Å². The number of allylic oxidation sites excluding steroid dienone is 4. The van der Waals surface area contributed by atoms with Crippen LogP contribution in [0.2, 0.25) is 0 Å². The summed E-state index contributed by atoms with van der Waals surface area (Å²) in [6.07, 6.45) is 6.43. The predicted molar refractivity (Wildman–Crippen MR) is 239 cm³/mol. The van der Waals surface area contributed by atoms with Crippen LogP contribution in [-0.2, 0) is 0 Å². The van der Waals surface area contributed by atoms with E-state index in [0.29, 0.717) is 17.8 Å². The molecule has 10 aromatic rings. The molecular formula is C54H37N3. The third-order valence-electron chi connectivity index (χ3n) is 11.2. The van der Waals surface area contributed by atoms with Gasteiger partial charge >= 0.3 is 0 Å². The Hall–Kier alpha value is -7.36. The lowest BCUT2D eigenvalue weighted by molar-refractivity contribution is 0.813. The van der Waals surface area contributed by atoms with Gasteiger partial charge in [-0.1, -0.05) is 139 Å². The van der Waals surface area contributed by atoms with Gasteiger partial charge in [-0.05, 0) is 95.4 Å². The Balaban J connectivity index is 1.06. The van der Waals surface area contributed by atoms with E-state index in [9.17, 15) is 5.48 Å². The minimum atomic E-state index is -0.749. The number of aromatic nitrogens is 2. The first-order valence-electron chi connectivity index (χ1n) is 25.3. The molecule has 0 spiro atoms. The Morgan fingerprint density at radius 2 is 1.07 bits per heavy atom. The van der Waals surface area contributed by atoms with Crippen LogP contribution >= 0.6 is 0 Å². The molecule has 2 aromatic heterocycles. The summed E-state index contributed by atoms with van der Waals surface area (Å²) in [6, 6.07) is 28.8. The molecule has 1 unspecified atom stereocenters. The fraction of sp³-hybridized carbons (Fsp3) is 0.0370. The molecule has 0 N–H and O–H groups in total. The molecule has 2 aliphatic rings. The summed E-state index contributed by atoms with van der Waals surface area (Å²) in [5, 5.41) is 4.41. The van der Waals surface area contributed by atoms with Crippen LogP contribution in [0.15, 0.2) is 212 Å². The van der Waals surface area contributed by atoms with Gasteiger partial charge in [0.15, 0.2) is 0 Å². The Labute approximate surface area is 349 Å². The van der Waals surface area contributed by atoms with Crippen molar-refractivity contribution in [3.63, 3.8) is 0 Å². The van der Waals surface area contributed by atoms with Crippen LogP contribution in [0.25, 0.3) is 77.2 Å². The Morgan fingerprint density at radius 1 is 0.474 bits per heavy atom. The van der Waals surface area contributed by atoms with Crippen molar-refractivity contribution in [2.45, 2.75) is 12.3 Å². The number of benzene rings is 8. The van der Waals surface area contributed by atoms with Gasteiger partial charge in [-0.2, -0.15) is 0 Å². The van der Waals surface area contributed by atoms with E-state index >= 15 is 0 Å². The second-order valence-corrected chi connectivity index (χ2v) is 14.3. The third-order valence-corrected chi connectivity index (χ3v) is 11.2. The summed E-state index contributed by atoms with van der Waals surface area (Å²) in [5.41, 5.74) is 6.22. The summed E-state index contributed by atoms with van der Waals surface area (Å²) < 4.78 is 120. The molecule has 0 amide bonds. The largest absolute Gasteiger partial charge is 0.313 e. The van der Waals surface area contributed by atoms with E-state index in [0.717, 1.165) is 60.5 Å². The Morgan fingerprint density at radius 3 is 1.81 bits per heavy atom. The van der Waals surface area contributed by atoms with Gasteiger partial charge in [-0.15, -0.1) is 0 Å². The average Bonchev–Trinajstić information content (AvgIpc) is 4.01. The van der Waals surface area contributed by atoms with E-state index in [1.165, 1.54) is 0 Å². The highest BCUT2D eigenvalue weighted by Gasteiger charge is 2.37. The zero-order chi connectivity index (χ0) is 48.8. The summed E-state index contributed by atoms with van der Waals surface area (Å²) >= 11 is 0. The SMILES string of the molecule is [2H]c1c([2H])c([2H])c(-c2c([2H])c([2H])c(-c3c([2H])c([2H])c([2H])c(N4C5=CC=CCC5c5c4cccc5-n4c5ccccc5c5cc(-n6c7ccccc7c7ccccc76)ccc54)c3[2H])c([2H])c2[2H])c([2H])c1[2H]. The topological polar surface area (TPSA) is 13.1 Å². The number of nitrogens with zero attached hydrogens (tertiary/aromatic N) is 3. The van der Waals surface area contributed by atoms with E-state index in [1.54, 1.807) is 4.90 Å². The quantitative estimate of drug-likeness (QED) is 0.171. The number of hydrogen-bond acceptors (Lipinski definition) is 1. The van der Waals surface area contributed by atoms with Gasteiger partial charge in [0.25, 0.3) is 0 Å². The monoisotopic (exact) mass is 740 g/mol. The van der Waals surface area contributed by atoms with E-state index in [4.69, 9.17) is 12.3 Å². The highest BCUT2D eigenvalue weighted by atomic mass is 15.2. The minimum Gasteiger partial charge on any atom is -0.313 e. The lowest BCUT2D eigenvalue weighted by atomic mass is 9.90. The lowest BCUT2D eigenvalue weighted by Gasteiger charge is -2.25. The van der Waals surface area contributed by atoms with Gasteiger partial charge in [0.1, 0.15) is 0 Å². The molecule has 12 rings (SSSR count).